The number of nitriles is 1. The summed E-state index contributed by atoms with van der Waals surface area (Å²) in [4.78, 5) is 0. The molecular weight excluding hydrogens is 301 g/mol. The van der Waals surface area contributed by atoms with Crippen LogP contribution in [-0.4, -0.2) is 0 Å². The zero-order chi connectivity index (χ0) is 18.7. The molecule has 1 heterocycles. The van der Waals surface area contributed by atoms with Crippen LogP contribution in [0.25, 0.3) is 11.1 Å². The van der Waals surface area contributed by atoms with E-state index in [1.165, 1.54) is 6.07 Å². The minimum Gasteiger partial charge on any atom is -0.488 e. The van der Waals surface area contributed by atoms with E-state index in [0.717, 1.165) is 28.0 Å². The van der Waals surface area contributed by atoms with Crippen molar-refractivity contribution in [3.8, 4) is 22.9 Å². The van der Waals surface area contributed by atoms with Crippen molar-refractivity contribution >= 4 is 0 Å². The molecule has 2 nitrogen and oxygen atoms in total. The molecule has 0 amide bonds. The Bertz CT molecular complexity index is 687. The number of benzene rings is 2. The van der Waals surface area contributed by atoms with E-state index < -0.39 is 5.82 Å². The highest BCUT2D eigenvalue weighted by Gasteiger charge is 2.19. The van der Waals surface area contributed by atoms with Gasteiger partial charge in [0.25, 0.3) is 0 Å². The predicted octanol–water partition coefficient (Wildman–Crippen LogP) is 6.64. The zero-order valence-electron chi connectivity index (χ0n) is 15.8. The van der Waals surface area contributed by atoms with Gasteiger partial charge in [0.2, 0.25) is 0 Å². The van der Waals surface area contributed by atoms with E-state index in [2.05, 4.69) is 0 Å². The van der Waals surface area contributed by atoms with Gasteiger partial charge in [-0.25, -0.2) is 4.39 Å². The third-order valence-corrected chi connectivity index (χ3v) is 3.12. The fourth-order valence-electron chi connectivity index (χ4n) is 2.20. The van der Waals surface area contributed by atoms with Gasteiger partial charge in [0.15, 0.2) is 0 Å². The number of ether oxygens (including phenoxy) is 1. The normalized spacial score (nSPS) is 9.79. The van der Waals surface area contributed by atoms with E-state index in [4.69, 9.17) is 10.00 Å². The smallest absolute Gasteiger partial charge is 0.141 e. The van der Waals surface area contributed by atoms with Crippen LogP contribution in [0.3, 0.4) is 0 Å². The minimum absolute atomic E-state index is 0.0629. The van der Waals surface area contributed by atoms with Crippen molar-refractivity contribution in [2.45, 2.75) is 55.1 Å². The number of hydrogen-bond donors (Lipinski definition) is 0. The molecule has 0 fully saturated rings. The summed E-state index contributed by atoms with van der Waals surface area (Å²) in [5.41, 5.74) is 3.71. The fraction of sp³-hybridized carbons (Fsp3) is 0.381. The Morgan fingerprint density at radius 3 is 2.17 bits per heavy atom. The van der Waals surface area contributed by atoms with E-state index in [0.29, 0.717) is 6.61 Å². The molecule has 0 N–H and O–H groups in total. The number of fused-ring (bicyclic) bond motifs is 3. The van der Waals surface area contributed by atoms with E-state index in [-0.39, 0.29) is 5.56 Å². The molecular formula is C21H28FNO. The van der Waals surface area contributed by atoms with Crippen molar-refractivity contribution in [1.29, 1.82) is 5.26 Å². The lowest BCUT2D eigenvalue weighted by Gasteiger charge is -2.21. The number of nitrogens with zero attached hydrogens (tertiary/aromatic N) is 1. The van der Waals surface area contributed by atoms with Gasteiger partial charge in [-0.2, -0.15) is 5.26 Å². The maximum Gasteiger partial charge on any atom is 0.141 e. The monoisotopic (exact) mass is 329 g/mol. The Kier molecular flexibility index (Phi) is 10.1. The lowest BCUT2D eigenvalue weighted by Crippen LogP contribution is -2.07. The average Bonchev–Trinajstić information content (AvgIpc) is 2.66. The Morgan fingerprint density at radius 1 is 0.958 bits per heavy atom. The molecule has 130 valence electrons. The Labute approximate surface area is 145 Å². The first-order valence-electron chi connectivity index (χ1n) is 8.65. The molecule has 0 spiro atoms. The molecule has 0 radical (unpaired) electrons. The highest BCUT2D eigenvalue weighted by Crippen LogP contribution is 2.38. The molecule has 2 aromatic rings. The molecule has 2 aromatic carbocycles. The summed E-state index contributed by atoms with van der Waals surface area (Å²) < 4.78 is 19.3. The first-order valence-corrected chi connectivity index (χ1v) is 8.65. The third-order valence-electron chi connectivity index (χ3n) is 3.12. The third kappa shape index (κ3) is 4.83. The van der Waals surface area contributed by atoms with E-state index in [9.17, 15) is 4.39 Å². The van der Waals surface area contributed by atoms with Crippen molar-refractivity contribution in [2.75, 3.05) is 0 Å². The van der Waals surface area contributed by atoms with Crippen LogP contribution in [0.2, 0.25) is 0 Å². The van der Waals surface area contributed by atoms with E-state index in [1.807, 2.05) is 72.7 Å². The largest absolute Gasteiger partial charge is 0.488 e. The molecule has 3 rings (SSSR count). The minimum atomic E-state index is -0.482. The van der Waals surface area contributed by atoms with Crippen LogP contribution in [0.15, 0.2) is 30.3 Å². The van der Waals surface area contributed by atoms with Crippen molar-refractivity contribution in [2.24, 2.45) is 0 Å². The quantitative estimate of drug-likeness (QED) is 0.542. The van der Waals surface area contributed by atoms with Gasteiger partial charge in [-0.15, -0.1) is 0 Å². The van der Waals surface area contributed by atoms with Crippen LogP contribution in [0, 0.1) is 24.1 Å². The summed E-state index contributed by atoms with van der Waals surface area (Å²) in [7, 11) is 0. The Morgan fingerprint density at radius 2 is 1.58 bits per heavy atom. The average molecular weight is 329 g/mol. The Hall–Kier alpha value is -2.34. The number of hydrogen-bond acceptors (Lipinski definition) is 2. The van der Waals surface area contributed by atoms with Gasteiger partial charge in [0, 0.05) is 5.56 Å². The van der Waals surface area contributed by atoms with Crippen LogP contribution < -0.4 is 4.74 Å². The zero-order valence-corrected chi connectivity index (χ0v) is 15.8. The molecule has 0 saturated carbocycles. The topological polar surface area (TPSA) is 33.0 Å². The highest BCUT2D eigenvalue weighted by molar-refractivity contribution is 5.76. The maximum atomic E-state index is 13.7. The van der Waals surface area contributed by atoms with Gasteiger partial charge in [-0.1, -0.05) is 53.7 Å². The first-order chi connectivity index (χ1) is 11.7. The second kappa shape index (κ2) is 11.2. The van der Waals surface area contributed by atoms with Gasteiger partial charge in [-0.3, -0.25) is 0 Å². The predicted molar refractivity (Wildman–Crippen MR) is 99.7 cm³/mol. The molecule has 1 aliphatic rings. The van der Waals surface area contributed by atoms with Crippen molar-refractivity contribution < 1.29 is 9.13 Å². The van der Waals surface area contributed by atoms with Crippen molar-refractivity contribution in [1.82, 2.24) is 0 Å². The van der Waals surface area contributed by atoms with Crippen LogP contribution >= 0.6 is 0 Å². The summed E-state index contributed by atoms with van der Waals surface area (Å²) in [5, 5.41) is 8.82. The summed E-state index contributed by atoms with van der Waals surface area (Å²) >= 11 is 0. The van der Waals surface area contributed by atoms with E-state index in [1.54, 1.807) is 6.07 Å². The highest BCUT2D eigenvalue weighted by atomic mass is 19.1. The van der Waals surface area contributed by atoms with Crippen molar-refractivity contribution in [3.05, 3.63) is 52.8 Å². The maximum absolute atomic E-state index is 13.7. The standard InChI is InChI=1S/C15H10FNO.3C2H6/c1-9-2-3-12-13-6-14(16)10(7-17)5-11(13)8-18-15(12)4-9;3*1-2/h2-6H,8H2,1H3;3*1-2H3. The first kappa shape index (κ1) is 21.7. The number of aryl methyl sites for hydroxylation is 1. The van der Waals surface area contributed by atoms with Crippen LogP contribution in [0.4, 0.5) is 4.39 Å². The molecule has 0 unspecified atom stereocenters. The summed E-state index contributed by atoms with van der Waals surface area (Å²) in [6.07, 6.45) is 0. The molecule has 24 heavy (non-hydrogen) atoms. The van der Waals surface area contributed by atoms with Gasteiger partial charge < -0.3 is 4.74 Å². The van der Waals surface area contributed by atoms with Gasteiger partial charge in [-0.05, 0) is 41.8 Å². The van der Waals surface area contributed by atoms with Crippen LogP contribution in [0.5, 0.6) is 5.75 Å². The lowest BCUT2D eigenvalue weighted by atomic mass is 9.94. The van der Waals surface area contributed by atoms with Gasteiger partial charge >= 0.3 is 0 Å². The molecule has 0 aromatic heterocycles. The van der Waals surface area contributed by atoms with Gasteiger partial charge in [0.05, 0.1) is 5.56 Å². The summed E-state index contributed by atoms with van der Waals surface area (Å²) in [5.74, 6) is 0.288. The summed E-state index contributed by atoms with van der Waals surface area (Å²) in [6.45, 7) is 14.4. The molecule has 0 bridgehead atoms. The molecule has 3 heteroatoms. The molecule has 1 aliphatic heterocycles. The van der Waals surface area contributed by atoms with E-state index >= 15 is 0 Å². The molecule has 0 saturated heterocycles. The van der Waals surface area contributed by atoms with Gasteiger partial charge in [0.1, 0.15) is 24.2 Å². The summed E-state index contributed by atoms with van der Waals surface area (Å²) in [6, 6.07) is 10.7. The lowest BCUT2D eigenvalue weighted by molar-refractivity contribution is 0.302. The number of halogens is 1. The molecule has 0 atom stereocenters. The van der Waals surface area contributed by atoms with Crippen molar-refractivity contribution in [3.63, 3.8) is 0 Å². The Balaban J connectivity index is 0.000000798. The number of rotatable bonds is 0. The van der Waals surface area contributed by atoms with Crippen LogP contribution in [0.1, 0.15) is 58.2 Å². The second-order valence-corrected chi connectivity index (χ2v) is 4.39. The second-order valence-electron chi connectivity index (χ2n) is 4.39. The SMILES string of the molecule is CC.CC.CC.Cc1ccc2c(c1)OCc1cc(C#N)c(F)cc1-2. The molecule has 0 aliphatic carbocycles. The fourth-order valence-corrected chi connectivity index (χ4v) is 2.20. The van der Waals surface area contributed by atoms with Crippen LogP contribution in [-0.2, 0) is 6.61 Å².